The number of sulfonamides is 1. The standard InChI is InChI=1S/C12H16ClN3O4S/c13-11-5-4-10(16(17)18)7-12(11)21(19,20)15-9-3-1-2-6-14-8-9/h4-5,7,9,14-15H,1-3,6,8H2. The number of nitrogens with zero attached hydrogens (tertiary/aromatic N) is 1. The molecule has 1 aliphatic heterocycles. The Morgan fingerprint density at radius 2 is 2.14 bits per heavy atom. The molecule has 0 bridgehead atoms. The van der Waals surface area contributed by atoms with Gasteiger partial charge in [0.25, 0.3) is 5.69 Å². The number of hydrogen-bond acceptors (Lipinski definition) is 5. The van der Waals surface area contributed by atoms with E-state index in [2.05, 4.69) is 10.0 Å². The molecule has 1 unspecified atom stereocenters. The van der Waals surface area contributed by atoms with Crippen LogP contribution in [0.15, 0.2) is 23.1 Å². The molecule has 7 nitrogen and oxygen atoms in total. The van der Waals surface area contributed by atoms with Gasteiger partial charge in [0, 0.05) is 24.7 Å². The van der Waals surface area contributed by atoms with Crippen LogP contribution in [0, 0.1) is 10.1 Å². The monoisotopic (exact) mass is 333 g/mol. The molecular formula is C12H16ClN3O4S. The molecule has 1 fully saturated rings. The maximum atomic E-state index is 12.4. The highest BCUT2D eigenvalue weighted by Crippen LogP contribution is 2.26. The van der Waals surface area contributed by atoms with Gasteiger partial charge in [-0.15, -0.1) is 0 Å². The first-order valence-electron chi connectivity index (χ1n) is 6.57. The zero-order valence-corrected chi connectivity index (χ0v) is 12.8. The fourth-order valence-electron chi connectivity index (χ4n) is 2.21. The minimum Gasteiger partial charge on any atom is -0.315 e. The van der Waals surface area contributed by atoms with E-state index in [4.69, 9.17) is 11.6 Å². The average Bonchev–Trinajstić information content (AvgIpc) is 2.66. The summed E-state index contributed by atoms with van der Waals surface area (Å²) < 4.78 is 27.3. The molecule has 1 heterocycles. The van der Waals surface area contributed by atoms with Gasteiger partial charge in [-0.25, -0.2) is 13.1 Å². The van der Waals surface area contributed by atoms with Crippen molar-refractivity contribution in [1.29, 1.82) is 0 Å². The second-order valence-corrected chi connectivity index (χ2v) is 6.98. The maximum absolute atomic E-state index is 12.4. The molecule has 2 N–H and O–H groups in total. The smallest absolute Gasteiger partial charge is 0.270 e. The molecule has 0 aromatic heterocycles. The summed E-state index contributed by atoms with van der Waals surface area (Å²) in [5.41, 5.74) is -0.307. The third-order valence-electron chi connectivity index (χ3n) is 3.28. The second kappa shape index (κ2) is 6.69. The molecule has 21 heavy (non-hydrogen) atoms. The number of nitrogens with one attached hydrogen (secondary N) is 2. The van der Waals surface area contributed by atoms with E-state index in [1.54, 1.807) is 0 Å². The molecule has 116 valence electrons. The number of nitro benzene ring substituents is 1. The summed E-state index contributed by atoms with van der Waals surface area (Å²) in [5.74, 6) is 0. The quantitative estimate of drug-likeness (QED) is 0.644. The van der Waals surface area contributed by atoms with Crippen molar-refractivity contribution in [3.63, 3.8) is 0 Å². The lowest BCUT2D eigenvalue weighted by molar-refractivity contribution is -0.385. The Hall–Kier alpha value is -1.22. The van der Waals surface area contributed by atoms with E-state index in [1.165, 1.54) is 12.1 Å². The molecule has 1 aromatic rings. The van der Waals surface area contributed by atoms with Gasteiger partial charge in [-0.3, -0.25) is 10.1 Å². The summed E-state index contributed by atoms with van der Waals surface area (Å²) in [6, 6.07) is 3.14. The number of rotatable bonds is 4. The van der Waals surface area contributed by atoms with Crippen LogP contribution in [0.2, 0.25) is 5.02 Å². The number of halogens is 1. The first-order chi connectivity index (χ1) is 9.90. The molecule has 1 saturated heterocycles. The van der Waals surface area contributed by atoms with Gasteiger partial charge in [-0.1, -0.05) is 18.0 Å². The fourth-order valence-corrected chi connectivity index (χ4v) is 4.00. The summed E-state index contributed by atoms with van der Waals surface area (Å²) in [6.07, 6.45) is 2.64. The lowest BCUT2D eigenvalue weighted by atomic mass is 10.2. The molecule has 0 spiro atoms. The third-order valence-corrected chi connectivity index (χ3v) is 5.29. The van der Waals surface area contributed by atoms with Crippen molar-refractivity contribution < 1.29 is 13.3 Å². The Morgan fingerprint density at radius 3 is 2.86 bits per heavy atom. The zero-order chi connectivity index (χ0) is 15.5. The largest absolute Gasteiger partial charge is 0.315 e. The molecule has 1 atom stereocenters. The summed E-state index contributed by atoms with van der Waals surface area (Å²) in [7, 11) is -3.89. The van der Waals surface area contributed by atoms with Crippen molar-refractivity contribution in [3.8, 4) is 0 Å². The number of nitro groups is 1. The summed E-state index contributed by atoms with van der Waals surface area (Å²) >= 11 is 5.88. The number of hydrogen-bond donors (Lipinski definition) is 2. The molecule has 2 rings (SSSR count). The average molecular weight is 334 g/mol. The Morgan fingerprint density at radius 1 is 1.38 bits per heavy atom. The van der Waals surface area contributed by atoms with Crippen molar-refractivity contribution in [2.24, 2.45) is 0 Å². The highest BCUT2D eigenvalue weighted by molar-refractivity contribution is 7.89. The van der Waals surface area contributed by atoms with Crippen molar-refractivity contribution >= 4 is 27.3 Å². The third kappa shape index (κ3) is 4.13. The Kier molecular flexibility index (Phi) is 5.15. The molecule has 1 aromatic carbocycles. The highest BCUT2D eigenvalue weighted by atomic mass is 35.5. The van der Waals surface area contributed by atoms with Crippen molar-refractivity contribution in [2.45, 2.75) is 30.2 Å². The minimum atomic E-state index is -3.89. The Balaban J connectivity index is 2.26. The van der Waals surface area contributed by atoms with Crippen molar-refractivity contribution in [3.05, 3.63) is 33.3 Å². The second-order valence-electron chi connectivity index (χ2n) is 4.89. The first-order valence-corrected chi connectivity index (χ1v) is 8.43. The predicted octanol–water partition coefficient (Wildman–Crippen LogP) is 1.67. The summed E-state index contributed by atoms with van der Waals surface area (Å²) in [6.45, 7) is 1.39. The number of non-ortho nitro benzene ring substituents is 1. The van der Waals surface area contributed by atoms with Gasteiger partial charge in [-0.2, -0.15) is 0 Å². The lowest BCUT2D eigenvalue weighted by Gasteiger charge is -2.17. The van der Waals surface area contributed by atoms with Crippen LogP contribution in [0.5, 0.6) is 0 Å². The molecule has 1 aliphatic rings. The fraction of sp³-hybridized carbons (Fsp3) is 0.500. The number of benzene rings is 1. The SMILES string of the molecule is O=[N+]([O-])c1ccc(Cl)c(S(=O)(=O)NC2CCCCNC2)c1. The molecule has 0 saturated carbocycles. The first kappa shape index (κ1) is 16.2. The molecule has 0 radical (unpaired) electrons. The van der Waals surface area contributed by atoms with E-state index in [9.17, 15) is 18.5 Å². The van der Waals surface area contributed by atoms with Crippen molar-refractivity contribution in [1.82, 2.24) is 10.0 Å². The van der Waals surface area contributed by atoms with E-state index in [-0.39, 0.29) is 21.6 Å². The normalized spacial score (nSPS) is 20.0. The van der Waals surface area contributed by atoms with Gasteiger partial charge >= 0.3 is 0 Å². The molecule has 0 amide bonds. The van der Waals surface area contributed by atoms with Gasteiger partial charge in [0.05, 0.1) is 9.95 Å². The molecular weight excluding hydrogens is 318 g/mol. The van der Waals surface area contributed by atoms with Gasteiger partial charge in [0.2, 0.25) is 10.0 Å². The maximum Gasteiger partial charge on any atom is 0.270 e. The predicted molar refractivity (Wildman–Crippen MR) is 78.9 cm³/mol. The van der Waals surface area contributed by atoms with Crippen LogP contribution in [0.3, 0.4) is 0 Å². The van der Waals surface area contributed by atoms with Gasteiger partial charge in [0.1, 0.15) is 4.90 Å². The van der Waals surface area contributed by atoms with Gasteiger partial charge in [0.15, 0.2) is 0 Å². The van der Waals surface area contributed by atoms with Crippen LogP contribution in [0.4, 0.5) is 5.69 Å². The van der Waals surface area contributed by atoms with E-state index in [0.717, 1.165) is 31.9 Å². The minimum absolute atomic E-state index is 0.0327. The van der Waals surface area contributed by atoms with Crippen LogP contribution in [-0.4, -0.2) is 32.5 Å². The van der Waals surface area contributed by atoms with Crippen LogP contribution in [0.25, 0.3) is 0 Å². The van der Waals surface area contributed by atoms with Crippen LogP contribution >= 0.6 is 11.6 Å². The van der Waals surface area contributed by atoms with Crippen molar-refractivity contribution in [2.75, 3.05) is 13.1 Å². The molecule has 0 aliphatic carbocycles. The van der Waals surface area contributed by atoms with E-state index in [1.807, 2.05) is 0 Å². The van der Waals surface area contributed by atoms with Crippen LogP contribution < -0.4 is 10.0 Å². The summed E-state index contributed by atoms with van der Waals surface area (Å²) in [4.78, 5) is 9.85. The van der Waals surface area contributed by atoms with Crippen LogP contribution in [0.1, 0.15) is 19.3 Å². The highest BCUT2D eigenvalue weighted by Gasteiger charge is 2.25. The zero-order valence-electron chi connectivity index (χ0n) is 11.2. The van der Waals surface area contributed by atoms with Crippen LogP contribution in [-0.2, 0) is 10.0 Å². The van der Waals surface area contributed by atoms with Gasteiger partial charge < -0.3 is 5.32 Å². The summed E-state index contributed by atoms with van der Waals surface area (Å²) in [5, 5.41) is 13.9. The van der Waals surface area contributed by atoms with Gasteiger partial charge in [-0.05, 0) is 25.5 Å². The topological polar surface area (TPSA) is 101 Å². The Bertz CT molecular complexity index is 627. The van der Waals surface area contributed by atoms with E-state index < -0.39 is 14.9 Å². The lowest BCUT2D eigenvalue weighted by Crippen LogP contribution is -2.40. The molecule has 9 heteroatoms. The Labute approximate surface area is 127 Å². The van der Waals surface area contributed by atoms with E-state index in [0.29, 0.717) is 6.54 Å². The van der Waals surface area contributed by atoms with E-state index >= 15 is 0 Å².